The third-order valence-electron chi connectivity index (χ3n) is 4.02. The molecule has 0 bridgehead atoms. The third-order valence-corrected chi connectivity index (χ3v) is 4.02. The van der Waals surface area contributed by atoms with Gasteiger partial charge in [-0.15, -0.1) is 24.0 Å². The number of nitrogens with one attached hydrogen (secondary N) is 2. The van der Waals surface area contributed by atoms with E-state index in [0.717, 1.165) is 51.3 Å². The van der Waals surface area contributed by atoms with Gasteiger partial charge < -0.3 is 15.4 Å². The predicted molar refractivity (Wildman–Crippen MR) is 110 cm³/mol. The van der Waals surface area contributed by atoms with E-state index in [2.05, 4.69) is 34.4 Å². The lowest BCUT2D eigenvalue weighted by Crippen LogP contribution is -2.39. The molecule has 1 rings (SSSR count). The van der Waals surface area contributed by atoms with Gasteiger partial charge in [-0.3, -0.25) is 9.89 Å². The summed E-state index contributed by atoms with van der Waals surface area (Å²) in [5.74, 6) is 1.75. The van der Waals surface area contributed by atoms with Gasteiger partial charge in [-0.1, -0.05) is 26.7 Å². The van der Waals surface area contributed by atoms with Crippen LogP contribution in [0.5, 0.6) is 0 Å². The maximum Gasteiger partial charge on any atom is 0.190 e. The molecular weight excluding hydrogens is 403 g/mol. The first-order valence-electron chi connectivity index (χ1n) is 8.97. The van der Waals surface area contributed by atoms with Gasteiger partial charge >= 0.3 is 0 Å². The van der Waals surface area contributed by atoms with Crippen molar-refractivity contribution in [2.24, 2.45) is 10.9 Å². The molecule has 23 heavy (non-hydrogen) atoms. The summed E-state index contributed by atoms with van der Waals surface area (Å²) in [5, 5.41) is 6.80. The van der Waals surface area contributed by atoms with Gasteiger partial charge in [0.1, 0.15) is 0 Å². The number of hydrogen-bond acceptors (Lipinski definition) is 3. The molecule has 0 aromatic carbocycles. The first-order valence-corrected chi connectivity index (χ1v) is 8.97. The number of rotatable bonds is 10. The van der Waals surface area contributed by atoms with Crippen LogP contribution in [-0.2, 0) is 4.74 Å². The third kappa shape index (κ3) is 12.9. The van der Waals surface area contributed by atoms with Gasteiger partial charge in [-0.05, 0) is 31.7 Å². The van der Waals surface area contributed by atoms with Gasteiger partial charge in [0.15, 0.2) is 5.96 Å². The zero-order chi connectivity index (χ0) is 16.0. The van der Waals surface area contributed by atoms with Gasteiger partial charge in [-0.25, -0.2) is 0 Å². The molecule has 1 fully saturated rings. The van der Waals surface area contributed by atoms with E-state index in [4.69, 9.17) is 4.74 Å². The molecule has 6 heteroatoms. The summed E-state index contributed by atoms with van der Waals surface area (Å²) in [5.41, 5.74) is 0. The van der Waals surface area contributed by atoms with Gasteiger partial charge in [0.25, 0.3) is 0 Å². The SMILES string of the molecule is CN=C(NCCCCC(C)C)NCCCCN1CCOCC1.I. The van der Waals surface area contributed by atoms with Crippen LogP contribution in [0, 0.1) is 5.92 Å². The Bertz CT molecular complexity index is 294. The number of hydrogen-bond donors (Lipinski definition) is 2. The number of unbranched alkanes of at least 4 members (excludes halogenated alkanes) is 2. The van der Waals surface area contributed by atoms with Crippen molar-refractivity contribution in [3.8, 4) is 0 Å². The summed E-state index contributed by atoms with van der Waals surface area (Å²) in [6, 6.07) is 0. The maximum atomic E-state index is 5.36. The second-order valence-corrected chi connectivity index (χ2v) is 6.48. The minimum atomic E-state index is 0. The van der Waals surface area contributed by atoms with E-state index in [1.165, 1.54) is 38.6 Å². The van der Waals surface area contributed by atoms with Crippen LogP contribution >= 0.6 is 24.0 Å². The highest BCUT2D eigenvalue weighted by atomic mass is 127. The molecule has 1 aliphatic heterocycles. The largest absolute Gasteiger partial charge is 0.379 e. The van der Waals surface area contributed by atoms with Crippen LogP contribution in [0.3, 0.4) is 0 Å². The fourth-order valence-electron chi connectivity index (χ4n) is 2.60. The summed E-state index contributed by atoms with van der Waals surface area (Å²) in [6.07, 6.45) is 6.25. The first-order chi connectivity index (χ1) is 10.7. The van der Waals surface area contributed by atoms with E-state index < -0.39 is 0 Å². The average molecular weight is 440 g/mol. The second-order valence-electron chi connectivity index (χ2n) is 6.48. The van der Waals surface area contributed by atoms with Crippen molar-refractivity contribution >= 4 is 29.9 Å². The molecular formula is C17H37IN4O. The topological polar surface area (TPSA) is 48.9 Å². The van der Waals surface area contributed by atoms with E-state index in [-0.39, 0.29) is 24.0 Å². The van der Waals surface area contributed by atoms with Gasteiger partial charge in [0.05, 0.1) is 13.2 Å². The number of morpholine rings is 1. The number of aliphatic imine (C=N–C) groups is 1. The quantitative estimate of drug-likeness (QED) is 0.237. The molecule has 2 N–H and O–H groups in total. The lowest BCUT2D eigenvalue weighted by molar-refractivity contribution is 0.0372. The number of ether oxygens (including phenoxy) is 1. The molecule has 1 heterocycles. The smallest absolute Gasteiger partial charge is 0.190 e. The molecule has 0 aromatic rings. The van der Waals surface area contributed by atoms with Gasteiger partial charge in [-0.2, -0.15) is 0 Å². The molecule has 0 saturated carbocycles. The monoisotopic (exact) mass is 440 g/mol. The van der Waals surface area contributed by atoms with Crippen molar-refractivity contribution in [3.05, 3.63) is 0 Å². The van der Waals surface area contributed by atoms with Crippen LogP contribution in [0.15, 0.2) is 4.99 Å². The van der Waals surface area contributed by atoms with Crippen molar-refractivity contribution in [2.75, 3.05) is 53.0 Å². The first kappa shape index (κ1) is 22.9. The van der Waals surface area contributed by atoms with Crippen LogP contribution < -0.4 is 10.6 Å². The lowest BCUT2D eigenvalue weighted by Gasteiger charge is -2.26. The molecule has 1 saturated heterocycles. The Kier molecular flexibility index (Phi) is 15.4. The van der Waals surface area contributed by atoms with E-state index >= 15 is 0 Å². The van der Waals surface area contributed by atoms with E-state index in [0.29, 0.717) is 0 Å². The molecule has 1 aliphatic rings. The summed E-state index contributed by atoms with van der Waals surface area (Å²) < 4.78 is 5.36. The molecule has 0 aromatic heterocycles. The fraction of sp³-hybridized carbons (Fsp3) is 0.941. The molecule has 0 unspecified atom stereocenters. The lowest BCUT2D eigenvalue weighted by atomic mass is 10.1. The van der Waals surface area contributed by atoms with Crippen molar-refractivity contribution in [2.45, 2.75) is 46.0 Å². The van der Waals surface area contributed by atoms with Crippen LogP contribution in [0.2, 0.25) is 0 Å². The Labute approximate surface area is 160 Å². The molecule has 0 aliphatic carbocycles. The van der Waals surface area contributed by atoms with Crippen LogP contribution in [-0.4, -0.2) is 63.8 Å². The van der Waals surface area contributed by atoms with Gasteiger partial charge in [0.2, 0.25) is 0 Å². The van der Waals surface area contributed by atoms with Crippen LogP contribution in [0.1, 0.15) is 46.0 Å². The maximum absolute atomic E-state index is 5.36. The fourth-order valence-corrected chi connectivity index (χ4v) is 2.60. The Morgan fingerprint density at radius 2 is 1.65 bits per heavy atom. The highest BCUT2D eigenvalue weighted by Crippen LogP contribution is 2.05. The Hall–Kier alpha value is -0.0800. The minimum Gasteiger partial charge on any atom is -0.379 e. The molecule has 0 radical (unpaired) electrons. The molecule has 0 atom stereocenters. The average Bonchev–Trinajstić information content (AvgIpc) is 2.53. The molecule has 0 amide bonds. The zero-order valence-corrected chi connectivity index (χ0v) is 17.6. The Balaban J connectivity index is 0.00000484. The van der Waals surface area contributed by atoms with Crippen LogP contribution in [0.25, 0.3) is 0 Å². The minimum absolute atomic E-state index is 0. The van der Waals surface area contributed by atoms with Crippen molar-refractivity contribution in [1.82, 2.24) is 15.5 Å². The number of halogens is 1. The summed E-state index contributed by atoms with van der Waals surface area (Å²) in [4.78, 5) is 6.77. The van der Waals surface area contributed by atoms with Crippen molar-refractivity contribution in [1.29, 1.82) is 0 Å². The van der Waals surface area contributed by atoms with Gasteiger partial charge in [0, 0.05) is 33.2 Å². The molecule has 5 nitrogen and oxygen atoms in total. The highest BCUT2D eigenvalue weighted by Gasteiger charge is 2.08. The van der Waals surface area contributed by atoms with Crippen LogP contribution in [0.4, 0.5) is 0 Å². The van der Waals surface area contributed by atoms with E-state index in [1.54, 1.807) is 0 Å². The van der Waals surface area contributed by atoms with E-state index in [9.17, 15) is 0 Å². The molecule has 138 valence electrons. The van der Waals surface area contributed by atoms with Crippen molar-refractivity contribution in [3.63, 3.8) is 0 Å². The predicted octanol–water partition coefficient (Wildman–Crippen LogP) is 2.71. The highest BCUT2D eigenvalue weighted by molar-refractivity contribution is 14.0. The standard InChI is InChI=1S/C17H36N4O.HI/c1-16(2)8-4-5-9-19-17(18-3)20-10-6-7-11-21-12-14-22-15-13-21;/h16H,4-15H2,1-3H3,(H2,18,19,20);1H. The molecule has 0 spiro atoms. The number of guanidine groups is 1. The van der Waals surface area contributed by atoms with Crippen molar-refractivity contribution < 1.29 is 4.74 Å². The zero-order valence-electron chi connectivity index (χ0n) is 15.3. The summed E-state index contributed by atoms with van der Waals surface area (Å²) in [6.45, 7) is 11.7. The summed E-state index contributed by atoms with van der Waals surface area (Å²) in [7, 11) is 1.84. The summed E-state index contributed by atoms with van der Waals surface area (Å²) >= 11 is 0. The second kappa shape index (κ2) is 15.4. The number of nitrogens with zero attached hydrogens (tertiary/aromatic N) is 2. The van der Waals surface area contributed by atoms with E-state index in [1.807, 2.05) is 7.05 Å². The normalized spacial score (nSPS) is 16.3. The Morgan fingerprint density at radius 3 is 2.22 bits per heavy atom. The Morgan fingerprint density at radius 1 is 1.04 bits per heavy atom.